The maximum absolute atomic E-state index is 12.0. The molecule has 0 aromatic heterocycles. The molecule has 1 aliphatic heterocycles. The number of nitrogens with zero attached hydrogens (tertiary/aromatic N) is 1. The summed E-state index contributed by atoms with van der Waals surface area (Å²) in [5, 5.41) is 0. The van der Waals surface area contributed by atoms with Crippen LogP contribution in [0.2, 0.25) is 0 Å². The third-order valence-corrected chi connectivity index (χ3v) is 3.63. The van der Waals surface area contributed by atoms with Crippen molar-refractivity contribution in [2.75, 3.05) is 19.6 Å². The maximum Gasteiger partial charge on any atom is 0.222 e. The molecule has 0 aromatic rings. The zero-order valence-corrected chi connectivity index (χ0v) is 11.5. The number of rotatable bonds is 5. The quantitative estimate of drug-likeness (QED) is 0.747. The molecule has 17 heavy (non-hydrogen) atoms. The van der Waals surface area contributed by atoms with Gasteiger partial charge >= 0.3 is 0 Å². The lowest BCUT2D eigenvalue weighted by Gasteiger charge is -2.28. The summed E-state index contributed by atoms with van der Waals surface area (Å²) >= 11 is 0. The smallest absolute Gasteiger partial charge is 0.222 e. The summed E-state index contributed by atoms with van der Waals surface area (Å²) in [5.74, 6) is 0.291. The average molecular weight is 238 g/mol. The fourth-order valence-electron chi connectivity index (χ4n) is 2.12. The number of carbonyl (C=O) groups is 1. The molecular weight excluding hydrogens is 212 g/mol. The van der Waals surface area contributed by atoms with Gasteiger partial charge < -0.3 is 10.6 Å². The zero-order chi connectivity index (χ0) is 12.9. The molecule has 1 heterocycles. The van der Waals surface area contributed by atoms with Crippen LogP contribution in [0, 0.1) is 5.41 Å². The SMILES string of the molecule is CC1=CCN(C(=O)CCC(C)(C)CCN)CC1. The summed E-state index contributed by atoms with van der Waals surface area (Å²) in [6.45, 7) is 8.89. The first kappa shape index (κ1) is 14.2. The molecular formula is C14H26N2O. The minimum Gasteiger partial charge on any atom is -0.339 e. The third kappa shape index (κ3) is 4.90. The van der Waals surface area contributed by atoms with Gasteiger partial charge in [-0.3, -0.25) is 4.79 Å². The van der Waals surface area contributed by atoms with E-state index in [4.69, 9.17) is 5.73 Å². The van der Waals surface area contributed by atoms with Crippen LogP contribution in [-0.2, 0) is 4.79 Å². The Hall–Kier alpha value is -0.830. The Balaban J connectivity index is 2.35. The van der Waals surface area contributed by atoms with Crippen molar-refractivity contribution in [2.24, 2.45) is 11.1 Å². The molecule has 0 aliphatic carbocycles. The third-order valence-electron chi connectivity index (χ3n) is 3.63. The lowest BCUT2D eigenvalue weighted by atomic mass is 9.84. The highest BCUT2D eigenvalue weighted by Gasteiger charge is 2.21. The molecule has 1 aliphatic rings. The van der Waals surface area contributed by atoms with Crippen molar-refractivity contribution in [3.63, 3.8) is 0 Å². The van der Waals surface area contributed by atoms with E-state index in [0.29, 0.717) is 18.9 Å². The molecule has 0 saturated heterocycles. The summed E-state index contributed by atoms with van der Waals surface area (Å²) in [6, 6.07) is 0. The first-order valence-corrected chi connectivity index (χ1v) is 6.58. The van der Waals surface area contributed by atoms with Gasteiger partial charge in [-0.25, -0.2) is 0 Å². The molecule has 0 unspecified atom stereocenters. The van der Waals surface area contributed by atoms with Crippen molar-refractivity contribution in [3.05, 3.63) is 11.6 Å². The molecule has 1 amide bonds. The second kappa shape index (κ2) is 6.20. The molecule has 0 aromatic carbocycles. The Morgan fingerprint density at radius 2 is 2.18 bits per heavy atom. The van der Waals surface area contributed by atoms with Crippen molar-refractivity contribution in [1.29, 1.82) is 0 Å². The van der Waals surface area contributed by atoms with Gasteiger partial charge in [-0.2, -0.15) is 0 Å². The Kier molecular flexibility index (Phi) is 5.19. The van der Waals surface area contributed by atoms with E-state index in [2.05, 4.69) is 26.8 Å². The van der Waals surface area contributed by atoms with E-state index in [0.717, 1.165) is 32.4 Å². The van der Waals surface area contributed by atoms with Gasteiger partial charge in [-0.1, -0.05) is 25.5 Å². The van der Waals surface area contributed by atoms with Crippen LogP contribution >= 0.6 is 0 Å². The standard InChI is InChI=1S/C14H26N2O/c1-12-5-10-16(11-6-12)13(17)4-7-14(2,3)8-9-15/h5H,4,6-11,15H2,1-3H3. The average Bonchev–Trinajstić information content (AvgIpc) is 2.27. The van der Waals surface area contributed by atoms with Gasteiger partial charge in [0.25, 0.3) is 0 Å². The highest BCUT2D eigenvalue weighted by Crippen LogP contribution is 2.26. The predicted octanol–water partition coefficient (Wildman–Crippen LogP) is 2.32. The molecule has 0 saturated carbocycles. The van der Waals surface area contributed by atoms with Crippen LogP contribution in [0.4, 0.5) is 0 Å². The van der Waals surface area contributed by atoms with Crippen molar-refractivity contribution in [1.82, 2.24) is 4.90 Å². The Bertz CT molecular complexity index is 295. The van der Waals surface area contributed by atoms with E-state index >= 15 is 0 Å². The maximum atomic E-state index is 12.0. The largest absolute Gasteiger partial charge is 0.339 e. The molecule has 1 rings (SSSR count). The topological polar surface area (TPSA) is 46.3 Å². The first-order chi connectivity index (χ1) is 7.94. The van der Waals surface area contributed by atoms with Crippen molar-refractivity contribution in [2.45, 2.75) is 46.5 Å². The molecule has 3 nitrogen and oxygen atoms in total. The highest BCUT2D eigenvalue weighted by atomic mass is 16.2. The van der Waals surface area contributed by atoms with E-state index in [1.807, 2.05) is 4.90 Å². The zero-order valence-electron chi connectivity index (χ0n) is 11.5. The Labute approximate surface area is 105 Å². The van der Waals surface area contributed by atoms with Crippen LogP contribution in [0.5, 0.6) is 0 Å². The Morgan fingerprint density at radius 3 is 2.71 bits per heavy atom. The van der Waals surface area contributed by atoms with E-state index < -0.39 is 0 Å². The highest BCUT2D eigenvalue weighted by molar-refractivity contribution is 5.76. The van der Waals surface area contributed by atoms with Crippen LogP contribution in [0.3, 0.4) is 0 Å². The number of hydrogen-bond donors (Lipinski definition) is 1. The summed E-state index contributed by atoms with van der Waals surface area (Å²) in [4.78, 5) is 14.0. The lowest BCUT2D eigenvalue weighted by molar-refractivity contribution is -0.131. The van der Waals surface area contributed by atoms with E-state index in [1.54, 1.807) is 0 Å². The molecule has 0 radical (unpaired) electrons. The summed E-state index contributed by atoms with van der Waals surface area (Å²) < 4.78 is 0. The predicted molar refractivity (Wildman–Crippen MR) is 71.6 cm³/mol. The molecule has 98 valence electrons. The second-order valence-corrected chi connectivity index (χ2v) is 5.84. The van der Waals surface area contributed by atoms with Crippen LogP contribution in [-0.4, -0.2) is 30.4 Å². The molecule has 0 fully saturated rings. The van der Waals surface area contributed by atoms with E-state index in [-0.39, 0.29) is 5.41 Å². The number of carbonyl (C=O) groups excluding carboxylic acids is 1. The van der Waals surface area contributed by atoms with Gasteiger partial charge in [0.1, 0.15) is 0 Å². The van der Waals surface area contributed by atoms with Crippen LogP contribution in [0.15, 0.2) is 11.6 Å². The lowest BCUT2D eigenvalue weighted by Crippen LogP contribution is -2.35. The van der Waals surface area contributed by atoms with E-state index in [9.17, 15) is 4.79 Å². The fourth-order valence-corrected chi connectivity index (χ4v) is 2.12. The van der Waals surface area contributed by atoms with Crippen LogP contribution in [0.25, 0.3) is 0 Å². The number of amides is 1. The van der Waals surface area contributed by atoms with Gasteiger partial charge in [0, 0.05) is 19.5 Å². The van der Waals surface area contributed by atoms with Gasteiger partial charge in [-0.15, -0.1) is 0 Å². The monoisotopic (exact) mass is 238 g/mol. The van der Waals surface area contributed by atoms with Crippen LogP contribution < -0.4 is 5.73 Å². The molecule has 0 atom stereocenters. The van der Waals surface area contributed by atoms with Crippen molar-refractivity contribution in [3.8, 4) is 0 Å². The van der Waals surface area contributed by atoms with Gasteiger partial charge in [0.05, 0.1) is 0 Å². The van der Waals surface area contributed by atoms with Gasteiger partial charge in [0.2, 0.25) is 5.91 Å². The van der Waals surface area contributed by atoms with Crippen molar-refractivity contribution < 1.29 is 4.79 Å². The van der Waals surface area contributed by atoms with Gasteiger partial charge in [0.15, 0.2) is 0 Å². The summed E-state index contributed by atoms with van der Waals surface area (Å²) in [6.07, 6.45) is 5.76. The minimum atomic E-state index is 0.186. The second-order valence-electron chi connectivity index (χ2n) is 5.84. The van der Waals surface area contributed by atoms with Gasteiger partial charge in [-0.05, 0) is 38.1 Å². The molecule has 2 N–H and O–H groups in total. The fraction of sp³-hybridized carbons (Fsp3) is 0.786. The molecule has 0 bridgehead atoms. The molecule has 3 heteroatoms. The molecule has 0 spiro atoms. The van der Waals surface area contributed by atoms with Crippen molar-refractivity contribution >= 4 is 5.91 Å². The first-order valence-electron chi connectivity index (χ1n) is 6.58. The van der Waals surface area contributed by atoms with E-state index in [1.165, 1.54) is 5.57 Å². The van der Waals surface area contributed by atoms with Crippen LogP contribution in [0.1, 0.15) is 46.5 Å². The minimum absolute atomic E-state index is 0.186. The summed E-state index contributed by atoms with van der Waals surface area (Å²) in [7, 11) is 0. The number of hydrogen-bond acceptors (Lipinski definition) is 2. The summed E-state index contributed by atoms with van der Waals surface area (Å²) in [5.41, 5.74) is 7.16. The Morgan fingerprint density at radius 1 is 1.47 bits per heavy atom. The number of nitrogens with two attached hydrogens (primary N) is 1. The normalized spacial score (nSPS) is 16.9.